The van der Waals surface area contributed by atoms with Crippen molar-refractivity contribution in [2.24, 2.45) is 0 Å². The maximum absolute atomic E-state index is 13.6. The van der Waals surface area contributed by atoms with E-state index in [-0.39, 0.29) is 30.4 Å². The van der Waals surface area contributed by atoms with Crippen LogP contribution in [0.15, 0.2) is 42.5 Å². The Kier molecular flexibility index (Phi) is 8.37. The molecule has 2 saturated heterocycles. The number of piperidine rings is 1. The highest BCUT2D eigenvalue weighted by atomic mass is 35.5. The normalized spacial score (nSPS) is 20.3. The Morgan fingerprint density at radius 2 is 1.79 bits per heavy atom. The van der Waals surface area contributed by atoms with Gasteiger partial charge < -0.3 is 29.1 Å². The van der Waals surface area contributed by atoms with E-state index >= 15 is 0 Å². The van der Waals surface area contributed by atoms with Crippen LogP contribution in [0.5, 0.6) is 11.5 Å². The first-order valence-electron chi connectivity index (χ1n) is 11.2. The molecule has 7 nitrogen and oxygen atoms in total. The van der Waals surface area contributed by atoms with Gasteiger partial charge in [-0.1, -0.05) is 23.2 Å². The number of hydrogen-bond acceptors (Lipinski definition) is 6. The topological polar surface area (TPSA) is 71.5 Å². The largest absolute Gasteiger partial charge is 0.491 e. The number of carbonyl (C=O) groups is 1. The smallest absolute Gasteiger partial charge is 0.410 e. The molecule has 184 valence electrons. The molecular weight excluding hydrogens is 486 g/mol. The van der Waals surface area contributed by atoms with Crippen LogP contribution in [-0.4, -0.2) is 78.6 Å². The van der Waals surface area contributed by atoms with Crippen LogP contribution in [0.3, 0.4) is 0 Å². The van der Waals surface area contributed by atoms with Gasteiger partial charge in [0, 0.05) is 36.8 Å². The van der Waals surface area contributed by atoms with Gasteiger partial charge in [-0.05, 0) is 49.2 Å². The molecule has 0 bridgehead atoms. The Bertz CT molecular complexity index is 972. The van der Waals surface area contributed by atoms with Crippen molar-refractivity contribution >= 4 is 29.3 Å². The second-order valence-corrected chi connectivity index (χ2v) is 9.34. The number of likely N-dealkylation sites (tertiary alicyclic amines) is 1. The Morgan fingerprint density at radius 3 is 2.50 bits per heavy atom. The van der Waals surface area contributed by atoms with E-state index in [0.717, 1.165) is 25.9 Å². The summed E-state index contributed by atoms with van der Waals surface area (Å²) >= 11 is 11.5. The molecule has 0 saturated carbocycles. The number of benzene rings is 2. The molecule has 2 unspecified atom stereocenters. The predicted octanol–water partition coefficient (Wildman–Crippen LogP) is 4.24. The van der Waals surface area contributed by atoms with Crippen LogP contribution in [0.1, 0.15) is 12.8 Å². The Hall–Kier alpha value is -2.26. The number of amides is 1. The number of hydrogen-bond donors (Lipinski definition) is 1. The van der Waals surface area contributed by atoms with Crippen LogP contribution < -0.4 is 9.47 Å². The Balaban J connectivity index is 1.17. The third-order valence-corrected chi connectivity index (χ3v) is 6.51. The van der Waals surface area contributed by atoms with E-state index in [1.54, 1.807) is 35.2 Å². The maximum atomic E-state index is 13.6. The van der Waals surface area contributed by atoms with E-state index in [4.69, 9.17) is 37.4 Å². The van der Waals surface area contributed by atoms with Gasteiger partial charge in [0.25, 0.3) is 0 Å². The number of halogens is 3. The average Bonchev–Trinajstić information content (AvgIpc) is 3.20. The molecule has 2 aliphatic heterocycles. The second-order valence-electron chi connectivity index (χ2n) is 8.50. The van der Waals surface area contributed by atoms with Gasteiger partial charge in [-0.2, -0.15) is 0 Å². The summed E-state index contributed by atoms with van der Waals surface area (Å²) in [6.45, 7) is 2.78. The van der Waals surface area contributed by atoms with Gasteiger partial charge in [0.2, 0.25) is 0 Å². The molecule has 1 N–H and O–H groups in total. The molecule has 2 aromatic carbocycles. The van der Waals surface area contributed by atoms with Crippen LogP contribution in [0, 0.1) is 5.82 Å². The fourth-order valence-corrected chi connectivity index (χ4v) is 4.41. The van der Waals surface area contributed by atoms with Gasteiger partial charge in [0.1, 0.15) is 36.6 Å². The third kappa shape index (κ3) is 6.66. The Morgan fingerprint density at radius 1 is 1.09 bits per heavy atom. The van der Waals surface area contributed by atoms with Crippen LogP contribution >= 0.6 is 23.2 Å². The highest BCUT2D eigenvalue weighted by Gasteiger charge is 2.38. The highest BCUT2D eigenvalue weighted by molar-refractivity contribution is 6.30. The van der Waals surface area contributed by atoms with Crippen LogP contribution in [0.2, 0.25) is 10.0 Å². The number of aliphatic hydroxyl groups is 1. The minimum absolute atomic E-state index is 0.0266. The van der Waals surface area contributed by atoms with Crippen molar-refractivity contribution in [1.82, 2.24) is 9.80 Å². The number of ether oxygens (including phenoxy) is 3. The number of nitrogens with zero attached hydrogens (tertiary/aromatic N) is 2. The first-order chi connectivity index (χ1) is 16.4. The zero-order chi connectivity index (χ0) is 24.1. The highest BCUT2D eigenvalue weighted by Crippen LogP contribution is 2.25. The predicted molar refractivity (Wildman–Crippen MR) is 126 cm³/mol. The summed E-state index contributed by atoms with van der Waals surface area (Å²) in [6, 6.07) is 11.3. The average molecular weight is 513 g/mol. The minimum Gasteiger partial charge on any atom is -0.491 e. The van der Waals surface area contributed by atoms with E-state index in [9.17, 15) is 14.3 Å². The molecule has 0 radical (unpaired) electrons. The summed E-state index contributed by atoms with van der Waals surface area (Å²) < 4.78 is 30.2. The van der Waals surface area contributed by atoms with Crippen molar-refractivity contribution in [3.05, 3.63) is 58.3 Å². The van der Waals surface area contributed by atoms with Crippen LogP contribution in [0.4, 0.5) is 9.18 Å². The SMILES string of the molecule is O=C1OC(COc2ccc(Cl)c(F)c2)CN1C1CCN(CC(O)COc2ccc(Cl)cc2)CC1. The molecular formula is C24H27Cl2FN2O5. The first-order valence-corrected chi connectivity index (χ1v) is 12.0. The van der Waals surface area contributed by atoms with Gasteiger partial charge in [-0.3, -0.25) is 0 Å². The van der Waals surface area contributed by atoms with Crippen molar-refractivity contribution in [2.75, 3.05) is 39.4 Å². The number of carbonyl (C=O) groups excluding carboxylic acids is 1. The molecule has 2 aliphatic rings. The molecule has 2 heterocycles. The Labute approximate surface area is 207 Å². The fraction of sp³-hybridized carbons (Fsp3) is 0.458. The molecule has 0 spiro atoms. The summed E-state index contributed by atoms with van der Waals surface area (Å²) in [4.78, 5) is 16.3. The summed E-state index contributed by atoms with van der Waals surface area (Å²) in [5, 5.41) is 11.0. The lowest BCUT2D eigenvalue weighted by Gasteiger charge is -2.36. The van der Waals surface area contributed by atoms with E-state index in [1.807, 2.05) is 0 Å². The van der Waals surface area contributed by atoms with E-state index in [1.165, 1.54) is 12.1 Å². The molecule has 2 fully saturated rings. The first kappa shape index (κ1) is 24.9. The number of rotatable bonds is 9. The standard InChI is InChI=1S/C24H27Cl2FN2O5/c25-16-1-3-19(4-2-16)32-14-18(30)12-28-9-7-17(8-10-28)29-13-21(34-24(29)31)15-33-20-5-6-22(26)23(27)11-20/h1-6,11,17-18,21,30H,7-10,12-15H2. The van der Waals surface area contributed by atoms with Gasteiger partial charge >= 0.3 is 6.09 Å². The molecule has 2 aromatic rings. The molecule has 1 amide bonds. The zero-order valence-electron chi connectivity index (χ0n) is 18.5. The number of β-amino-alcohol motifs (C(OH)–C–C–N with tert-alkyl or cyclic N) is 1. The second kappa shape index (κ2) is 11.4. The molecule has 2 atom stereocenters. The van der Waals surface area contributed by atoms with Crippen molar-refractivity contribution in [3.63, 3.8) is 0 Å². The molecule has 34 heavy (non-hydrogen) atoms. The summed E-state index contributed by atoms with van der Waals surface area (Å²) in [5.74, 6) is 0.440. The van der Waals surface area contributed by atoms with Crippen molar-refractivity contribution < 1.29 is 28.5 Å². The van der Waals surface area contributed by atoms with Gasteiger partial charge in [0.05, 0.1) is 11.6 Å². The van der Waals surface area contributed by atoms with Gasteiger partial charge in [-0.15, -0.1) is 0 Å². The molecule has 0 aromatic heterocycles. The summed E-state index contributed by atoms with van der Waals surface area (Å²) in [5.41, 5.74) is 0. The van der Waals surface area contributed by atoms with Crippen LogP contribution in [0.25, 0.3) is 0 Å². The van der Waals surface area contributed by atoms with Crippen LogP contribution in [-0.2, 0) is 4.74 Å². The summed E-state index contributed by atoms with van der Waals surface area (Å²) in [7, 11) is 0. The van der Waals surface area contributed by atoms with Crippen molar-refractivity contribution in [2.45, 2.75) is 31.1 Å². The van der Waals surface area contributed by atoms with Gasteiger partial charge in [-0.25, -0.2) is 9.18 Å². The fourth-order valence-electron chi connectivity index (χ4n) is 4.17. The van der Waals surface area contributed by atoms with Crippen molar-refractivity contribution in [1.29, 1.82) is 0 Å². The van der Waals surface area contributed by atoms with E-state index in [2.05, 4.69) is 4.90 Å². The zero-order valence-corrected chi connectivity index (χ0v) is 20.1. The lowest BCUT2D eigenvalue weighted by atomic mass is 10.0. The van der Waals surface area contributed by atoms with Gasteiger partial charge in [0.15, 0.2) is 6.10 Å². The third-order valence-electron chi connectivity index (χ3n) is 5.95. The molecule has 10 heteroatoms. The molecule has 0 aliphatic carbocycles. The monoisotopic (exact) mass is 512 g/mol. The van der Waals surface area contributed by atoms with Crippen molar-refractivity contribution in [3.8, 4) is 11.5 Å². The minimum atomic E-state index is -0.622. The lowest BCUT2D eigenvalue weighted by molar-refractivity contribution is 0.0497. The maximum Gasteiger partial charge on any atom is 0.410 e. The number of aliphatic hydroxyl groups excluding tert-OH is 1. The quantitative estimate of drug-likeness (QED) is 0.541. The summed E-state index contributed by atoms with van der Waals surface area (Å²) in [6.07, 6.45) is 0.177. The van der Waals surface area contributed by atoms with E-state index in [0.29, 0.717) is 29.6 Å². The van der Waals surface area contributed by atoms with E-state index < -0.39 is 18.0 Å². The molecule has 4 rings (SSSR count). The number of cyclic esters (lactones) is 1. The lowest BCUT2D eigenvalue weighted by Crippen LogP contribution is -2.47.